The van der Waals surface area contributed by atoms with Crippen LogP contribution < -0.4 is 0 Å². The van der Waals surface area contributed by atoms with Crippen LogP contribution in [0.3, 0.4) is 0 Å². The van der Waals surface area contributed by atoms with Crippen molar-refractivity contribution in [1.29, 1.82) is 0 Å². The predicted molar refractivity (Wildman–Crippen MR) is 91.7 cm³/mol. The summed E-state index contributed by atoms with van der Waals surface area (Å²) >= 11 is 0. The molecule has 0 spiro atoms. The van der Waals surface area contributed by atoms with Crippen LogP contribution in [0.25, 0.3) is 0 Å². The molecule has 0 saturated heterocycles. The van der Waals surface area contributed by atoms with Crippen LogP contribution in [0.4, 0.5) is 0 Å². The van der Waals surface area contributed by atoms with Gasteiger partial charge in [0.2, 0.25) is 5.91 Å². The predicted octanol–water partition coefficient (Wildman–Crippen LogP) is 3.46. The summed E-state index contributed by atoms with van der Waals surface area (Å²) in [6.07, 6.45) is 5.05. The lowest BCUT2D eigenvalue weighted by Gasteiger charge is -2.34. The lowest BCUT2D eigenvalue weighted by atomic mass is 9.87. The van der Waals surface area contributed by atoms with Crippen molar-refractivity contribution in [2.75, 3.05) is 20.6 Å². The Morgan fingerprint density at radius 3 is 2.41 bits per heavy atom. The van der Waals surface area contributed by atoms with Crippen molar-refractivity contribution < 1.29 is 4.79 Å². The first kappa shape index (κ1) is 17.0. The molecule has 0 atom stereocenters. The van der Waals surface area contributed by atoms with Gasteiger partial charge in [0.25, 0.3) is 0 Å². The Balaban J connectivity index is 1.84. The highest BCUT2D eigenvalue weighted by Crippen LogP contribution is 2.26. The second-order valence-electron chi connectivity index (χ2n) is 7.01. The number of likely N-dealkylation sites (N-methyl/N-ethyl adjacent to an activating group) is 2. The summed E-state index contributed by atoms with van der Waals surface area (Å²) < 4.78 is 0. The van der Waals surface area contributed by atoms with E-state index < -0.39 is 0 Å². The number of rotatable bonds is 5. The monoisotopic (exact) mass is 302 g/mol. The van der Waals surface area contributed by atoms with Crippen molar-refractivity contribution in [3.63, 3.8) is 0 Å². The lowest BCUT2D eigenvalue weighted by Crippen LogP contribution is -2.42. The van der Waals surface area contributed by atoms with Crippen LogP contribution in [0.2, 0.25) is 0 Å². The summed E-state index contributed by atoms with van der Waals surface area (Å²) in [4.78, 5) is 16.6. The van der Waals surface area contributed by atoms with Gasteiger partial charge in [-0.2, -0.15) is 0 Å². The van der Waals surface area contributed by atoms with Gasteiger partial charge in [-0.3, -0.25) is 9.69 Å². The first-order chi connectivity index (χ1) is 10.5. The molecular formula is C19H30N2O. The fourth-order valence-corrected chi connectivity index (χ4v) is 3.28. The van der Waals surface area contributed by atoms with Gasteiger partial charge in [-0.05, 0) is 56.7 Å². The highest BCUT2D eigenvalue weighted by atomic mass is 16.2. The largest absolute Gasteiger partial charge is 0.340 e. The van der Waals surface area contributed by atoms with Crippen molar-refractivity contribution in [2.24, 2.45) is 5.92 Å². The summed E-state index contributed by atoms with van der Waals surface area (Å²) in [6.45, 7) is 5.66. The molecule has 122 valence electrons. The Kier molecular flexibility index (Phi) is 6.01. The first-order valence-electron chi connectivity index (χ1n) is 8.46. The zero-order chi connectivity index (χ0) is 16.1. The summed E-state index contributed by atoms with van der Waals surface area (Å²) in [7, 11) is 4.01. The highest BCUT2D eigenvalue weighted by Gasteiger charge is 2.23. The standard InChI is InChI=1S/C19H30N2O/c1-15-9-11-18(12-10-15)20(3)14-19(22)21(4)13-17-8-6-5-7-16(17)2/h5-8,15,18H,9-14H2,1-4H3. The molecule has 0 unspecified atom stereocenters. The third-order valence-electron chi connectivity index (χ3n) is 5.09. The third kappa shape index (κ3) is 4.57. The fraction of sp³-hybridized carbons (Fsp3) is 0.632. The maximum Gasteiger partial charge on any atom is 0.236 e. The molecule has 1 aromatic rings. The zero-order valence-electron chi connectivity index (χ0n) is 14.5. The van der Waals surface area contributed by atoms with Crippen LogP contribution in [0, 0.1) is 12.8 Å². The van der Waals surface area contributed by atoms with Crippen LogP contribution in [0.15, 0.2) is 24.3 Å². The minimum Gasteiger partial charge on any atom is -0.340 e. The Morgan fingerprint density at radius 2 is 1.77 bits per heavy atom. The van der Waals surface area contributed by atoms with Crippen LogP contribution in [0.1, 0.15) is 43.7 Å². The average Bonchev–Trinajstić information content (AvgIpc) is 2.50. The molecule has 3 nitrogen and oxygen atoms in total. The molecule has 1 aliphatic carbocycles. The average molecular weight is 302 g/mol. The maximum absolute atomic E-state index is 12.5. The number of hydrogen-bond acceptors (Lipinski definition) is 2. The maximum atomic E-state index is 12.5. The normalized spacial score (nSPS) is 21.9. The number of carbonyl (C=O) groups excluding carboxylic acids is 1. The molecule has 0 bridgehead atoms. The highest BCUT2D eigenvalue weighted by molar-refractivity contribution is 5.78. The summed E-state index contributed by atoms with van der Waals surface area (Å²) in [5, 5.41) is 0. The molecule has 1 aromatic carbocycles. The molecule has 3 heteroatoms. The van der Waals surface area contributed by atoms with Crippen molar-refractivity contribution in [3.8, 4) is 0 Å². The minimum atomic E-state index is 0.212. The first-order valence-corrected chi connectivity index (χ1v) is 8.46. The van der Waals surface area contributed by atoms with Crippen LogP contribution in [0.5, 0.6) is 0 Å². The van der Waals surface area contributed by atoms with Gasteiger partial charge in [0.1, 0.15) is 0 Å². The van der Waals surface area contributed by atoms with Crippen molar-refractivity contribution in [1.82, 2.24) is 9.80 Å². The van der Waals surface area contributed by atoms with E-state index in [1.54, 1.807) is 0 Å². The van der Waals surface area contributed by atoms with Gasteiger partial charge >= 0.3 is 0 Å². The number of aryl methyl sites for hydroxylation is 1. The second kappa shape index (κ2) is 7.77. The number of benzene rings is 1. The number of carbonyl (C=O) groups is 1. The Hall–Kier alpha value is -1.35. The van der Waals surface area contributed by atoms with E-state index in [-0.39, 0.29) is 5.91 Å². The molecule has 22 heavy (non-hydrogen) atoms. The van der Waals surface area contributed by atoms with E-state index >= 15 is 0 Å². The molecular weight excluding hydrogens is 272 g/mol. The Labute approximate surface area is 135 Å². The SMILES string of the molecule is Cc1ccccc1CN(C)C(=O)CN(C)C1CCC(C)CC1. The van der Waals surface area contributed by atoms with Gasteiger partial charge in [0.05, 0.1) is 6.54 Å². The molecule has 1 aliphatic rings. The molecule has 1 saturated carbocycles. The van der Waals surface area contributed by atoms with Gasteiger partial charge in [-0.1, -0.05) is 31.2 Å². The van der Waals surface area contributed by atoms with Gasteiger partial charge in [0, 0.05) is 19.6 Å². The van der Waals surface area contributed by atoms with Gasteiger partial charge < -0.3 is 4.90 Å². The number of hydrogen-bond donors (Lipinski definition) is 0. The summed E-state index contributed by atoms with van der Waals surface area (Å²) in [6, 6.07) is 8.86. The van der Waals surface area contributed by atoms with Gasteiger partial charge in [0.15, 0.2) is 0 Å². The molecule has 0 heterocycles. The van der Waals surface area contributed by atoms with Crippen molar-refractivity contribution in [2.45, 2.75) is 52.1 Å². The van der Waals surface area contributed by atoms with Crippen molar-refractivity contribution >= 4 is 5.91 Å². The summed E-state index contributed by atoms with van der Waals surface area (Å²) in [5.74, 6) is 1.06. The molecule has 0 aromatic heterocycles. The third-order valence-corrected chi connectivity index (χ3v) is 5.09. The second-order valence-corrected chi connectivity index (χ2v) is 7.01. The Morgan fingerprint density at radius 1 is 1.14 bits per heavy atom. The number of amides is 1. The Bertz CT molecular complexity index is 492. The topological polar surface area (TPSA) is 23.6 Å². The van der Waals surface area contributed by atoms with Crippen LogP contribution in [-0.2, 0) is 11.3 Å². The van der Waals surface area contributed by atoms with E-state index in [2.05, 4.69) is 37.9 Å². The molecule has 1 amide bonds. The van der Waals surface area contributed by atoms with E-state index in [0.29, 0.717) is 19.1 Å². The molecule has 0 radical (unpaired) electrons. The minimum absolute atomic E-state index is 0.212. The molecule has 0 N–H and O–H groups in total. The smallest absolute Gasteiger partial charge is 0.236 e. The van der Waals surface area contributed by atoms with E-state index in [1.165, 1.54) is 36.8 Å². The fourth-order valence-electron chi connectivity index (χ4n) is 3.28. The van der Waals surface area contributed by atoms with Gasteiger partial charge in [-0.25, -0.2) is 0 Å². The van der Waals surface area contributed by atoms with Crippen LogP contribution >= 0.6 is 0 Å². The van der Waals surface area contributed by atoms with E-state index in [0.717, 1.165) is 5.92 Å². The van der Waals surface area contributed by atoms with Crippen LogP contribution in [-0.4, -0.2) is 42.4 Å². The van der Waals surface area contributed by atoms with Gasteiger partial charge in [-0.15, -0.1) is 0 Å². The molecule has 2 rings (SSSR count). The number of nitrogens with zero attached hydrogens (tertiary/aromatic N) is 2. The zero-order valence-corrected chi connectivity index (χ0v) is 14.5. The van der Waals surface area contributed by atoms with E-state index in [9.17, 15) is 4.79 Å². The lowest BCUT2D eigenvalue weighted by molar-refractivity contribution is -0.132. The molecule has 0 aliphatic heterocycles. The van der Waals surface area contributed by atoms with E-state index in [4.69, 9.17) is 0 Å². The van der Waals surface area contributed by atoms with Crippen molar-refractivity contribution in [3.05, 3.63) is 35.4 Å². The van der Waals surface area contributed by atoms with E-state index in [1.807, 2.05) is 24.1 Å². The molecule has 1 fully saturated rings. The quantitative estimate of drug-likeness (QED) is 0.831. The summed E-state index contributed by atoms with van der Waals surface area (Å²) in [5.41, 5.74) is 2.48.